The van der Waals surface area contributed by atoms with Crippen LogP contribution in [0, 0.1) is 6.92 Å². The summed E-state index contributed by atoms with van der Waals surface area (Å²) in [5.41, 5.74) is 3.29. The van der Waals surface area contributed by atoms with Gasteiger partial charge in [-0.25, -0.2) is 4.98 Å². The smallest absolute Gasteiger partial charge is 0.254 e. The Labute approximate surface area is 126 Å². The molecule has 21 heavy (non-hydrogen) atoms. The van der Waals surface area contributed by atoms with Gasteiger partial charge in [0.05, 0.1) is 16.6 Å². The van der Waals surface area contributed by atoms with Gasteiger partial charge in [-0.15, -0.1) is 0 Å². The van der Waals surface area contributed by atoms with Gasteiger partial charge in [0.25, 0.3) is 5.91 Å². The van der Waals surface area contributed by atoms with Crippen LogP contribution in [0.2, 0.25) is 0 Å². The van der Waals surface area contributed by atoms with Crippen LogP contribution in [0.1, 0.15) is 55.4 Å². The molecular weight excluding hydrogens is 264 g/mol. The zero-order chi connectivity index (χ0) is 15.7. The van der Waals surface area contributed by atoms with Crippen LogP contribution in [0.4, 0.5) is 0 Å². The first kappa shape index (κ1) is 15.5. The highest BCUT2D eigenvalue weighted by Gasteiger charge is 2.22. The lowest BCUT2D eigenvalue weighted by atomic mass is 10.0. The molecule has 0 spiro atoms. The summed E-state index contributed by atoms with van der Waals surface area (Å²) in [6.07, 6.45) is 0. The van der Waals surface area contributed by atoms with Crippen LogP contribution in [-0.4, -0.2) is 38.7 Å². The van der Waals surface area contributed by atoms with Gasteiger partial charge in [-0.2, -0.15) is 5.10 Å². The monoisotopic (exact) mass is 288 g/mol. The third-order valence-corrected chi connectivity index (χ3v) is 3.86. The molecule has 0 aromatic carbocycles. The van der Waals surface area contributed by atoms with Crippen molar-refractivity contribution < 1.29 is 4.79 Å². The normalized spacial score (nSPS) is 11.4. The van der Waals surface area contributed by atoms with Crippen LogP contribution in [0.15, 0.2) is 6.07 Å². The quantitative estimate of drug-likeness (QED) is 0.869. The molecule has 2 rings (SSSR count). The van der Waals surface area contributed by atoms with Gasteiger partial charge in [0, 0.05) is 25.8 Å². The Hall–Kier alpha value is -1.91. The maximum atomic E-state index is 12.8. The van der Waals surface area contributed by atoms with Crippen LogP contribution in [0.5, 0.6) is 0 Å². The van der Waals surface area contributed by atoms with Gasteiger partial charge in [-0.1, -0.05) is 13.8 Å². The molecule has 0 fully saturated rings. The topological polar surface area (TPSA) is 51.0 Å². The lowest BCUT2D eigenvalue weighted by molar-refractivity contribution is 0.0774. The number of amides is 1. The Balaban J connectivity index is 2.73. The summed E-state index contributed by atoms with van der Waals surface area (Å²) in [6.45, 7) is 11.5. The van der Waals surface area contributed by atoms with Gasteiger partial charge in [0.1, 0.15) is 0 Å². The van der Waals surface area contributed by atoms with E-state index >= 15 is 0 Å². The van der Waals surface area contributed by atoms with E-state index in [-0.39, 0.29) is 11.8 Å². The second kappa shape index (κ2) is 5.84. The average molecular weight is 288 g/mol. The highest BCUT2D eigenvalue weighted by atomic mass is 16.2. The Morgan fingerprint density at radius 3 is 2.48 bits per heavy atom. The van der Waals surface area contributed by atoms with Crippen molar-refractivity contribution in [3.8, 4) is 0 Å². The lowest BCUT2D eigenvalue weighted by Crippen LogP contribution is -2.30. The SMILES string of the molecule is CCN(CC)C(=O)c1cc(C(C)C)nc2c1c(C)nn2C. The maximum absolute atomic E-state index is 12.8. The fraction of sp³-hybridized carbons (Fsp3) is 0.562. The van der Waals surface area contributed by atoms with Crippen LogP contribution < -0.4 is 0 Å². The highest BCUT2D eigenvalue weighted by molar-refractivity contribution is 6.06. The molecule has 2 aromatic rings. The van der Waals surface area contributed by atoms with Gasteiger partial charge in [0.15, 0.2) is 5.65 Å². The molecule has 5 heteroatoms. The largest absolute Gasteiger partial charge is 0.339 e. The number of rotatable bonds is 4. The molecule has 1 amide bonds. The maximum Gasteiger partial charge on any atom is 0.254 e. The van der Waals surface area contributed by atoms with E-state index in [1.54, 1.807) is 4.68 Å². The average Bonchev–Trinajstić information content (AvgIpc) is 2.74. The molecule has 0 atom stereocenters. The van der Waals surface area contributed by atoms with Crippen molar-refractivity contribution >= 4 is 16.9 Å². The summed E-state index contributed by atoms with van der Waals surface area (Å²) in [5.74, 6) is 0.332. The summed E-state index contributed by atoms with van der Waals surface area (Å²) < 4.78 is 1.76. The number of aromatic nitrogens is 3. The minimum atomic E-state index is 0.0606. The van der Waals surface area contributed by atoms with E-state index in [9.17, 15) is 4.79 Å². The van der Waals surface area contributed by atoms with E-state index in [0.717, 1.165) is 28.0 Å². The molecule has 2 aromatic heterocycles. The highest BCUT2D eigenvalue weighted by Crippen LogP contribution is 2.25. The molecule has 0 saturated heterocycles. The van der Waals surface area contributed by atoms with Crippen molar-refractivity contribution in [2.45, 2.75) is 40.5 Å². The lowest BCUT2D eigenvalue weighted by Gasteiger charge is -2.20. The third-order valence-electron chi connectivity index (χ3n) is 3.86. The first-order valence-electron chi connectivity index (χ1n) is 7.54. The van der Waals surface area contributed by atoms with E-state index in [0.29, 0.717) is 13.1 Å². The first-order valence-corrected chi connectivity index (χ1v) is 7.54. The number of pyridine rings is 1. The van der Waals surface area contributed by atoms with Crippen molar-refractivity contribution in [1.29, 1.82) is 0 Å². The minimum absolute atomic E-state index is 0.0606. The number of carbonyl (C=O) groups is 1. The van der Waals surface area contributed by atoms with Crippen molar-refractivity contribution in [3.05, 3.63) is 23.0 Å². The molecule has 0 bridgehead atoms. The number of nitrogens with zero attached hydrogens (tertiary/aromatic N) is 4. The van der Waals surface area contributed by atoms with Crippen LogP contribution >= 0.6 is 0 Å². The van der Waals surface area contributed by atoms with E-state index in [2.05, 4.69) is 23.9 Å². The number of carbonyl (C=O) groups excluding carboxylic acids is 1. The molecule has 0 N–H and O–H groups in total. The van der Waals surface area contributed by atoms with Gasteiger partial charge >= 0.3 is 0 Å². The molecule has 5 nitrogen and oxygen atoms in total. The van der Waals surface area contributed by atoms with Crippen LogP contribution in [-0.2, 0) is 7.05 Å². The molecular formula is C16H24N4O. The minimum Gasteiger partial charge on any atom is -0.339 e. The Kier molecular flexibility index (Phi) is 4.30. The number of aryl methyl sites for hydroxylation is 2. The second-order valence-corrected chi connectivity index (χ2v) is 5.63. The fourth-order valence-corrected chi connectivity index (χ4v) is 2.61. The van der Waals surface area contributed by atoms with Gasteiger partial charge in [-0.05, 0) is 32.8 Å². The molecule has 0 radical (unpaired) electrons. The Morgan fingerprint density at radius 1 is 1.33 bits per heavy atom. The molecule has 2 heterocycles. The van der Waals surface area contributed by atoms with Crippen molar-refractivity contribution in [1.82, 2.24) is 19.7 Å². The van der Waals surface area contributed by atoms with Crippen molar-refractivity contribution in [2.24, 2.45) is 7.05 Å². The first-order chi connectivity index (χ1) is 9.90. The van der Waals surface area contributed by atoms with Crippen LogP contribution in [0.3, 0.4) is 0 Å². The number of fused-ring (bicyclic) bond motifs is 1. The second-order valence-electron chi connectivity index (χ2n) is 5.63. The van der Waals surface area contributed by atoms with Gasteiger partial charge < -0.3 is 4.90 Å². The summed E-state index contributed by atoms with van der Waals surface area (Å²) in [7, 11) is 1.87. The van der Waals surface area contributed by atoms with Gasteiger partial charge in [-0.3, -0.25) is 9.48 Å². The van der Waals surface area contributed by atoms with E-state index in [4.69, 9.17) is 0 Å². The summed E-state index contributed by atoms with van der Waals surface area (Å²) >= 11 is 0. The predicted octanol–water partition coefficient (Wildman–Crippen LogP) is 2.88. The number of hydrogen-bond donors (Lipinski definition) is 0. The number of hydrogen-bond acceptors (Lipinski definition) is 3. The van der Waals surface area contributed by atoms with Crippen LogP contribution in [0.25, 0.3) is 11.0 Å². The Bertz CT molecular complexity index is 668. The summed E-state index contributed by atoms with van der Waals surface area (Å²) in [4.78, 5) is 19.3. The molecule has 0 aliphatic rings. The molecule has 114 valence electrons. The zero-order valence-electron chi connectivity index (χ0n) is 13.8. The fourth-order valence-electron chi connectivity index (χ4n) is 2.61. The summed E-state index contributed by atoms with van der Waals surface area (Å²) in [5, 5.41) is 5.30. The van der Waals surface area contributed by atoms with E-state index < -0.39 is 0 Å². The third kappa shape index (κ3) is 2.64. The standard InChI is InChI=1S/C16H24N4O/c1-7-20(8-2)16(21)12-9-13(10(3)4)17-15-14(12)11(5)18-19(15)6/h9-10H,7-8H2,1-6H3. The summed E-state index contributed by atoms with van der Waals surface area (Å²) in [6, 6.07) is 1.93. The molecule has 0 unspecified atom stereocenters. The molecule has 0 aliphatic heterocycles. The van der Waals surface area contributed by atoms with E-state index in [1.165, 1.54) is 0 Å². The zero-order valence-corrected chi connectivity index (χ0v) is 13.8. The molecule has 0 saturated carbocycles. The van der Waals surface area contributed by atoms with Crippen molar-refractivity contribution in [3.63, 3.8) is 0 Å². The van der Waals surface area contributed by atoms with Gasteiger partial charge in [0.2, 0.25) is 0 Å². The van der Waals surface area contributed by atoms with E-state index in [1.807, 2.05) is 38.8 Å². The predicted molar refractivity (Wildman–Crippen MR) is 84.6 cm³/mol. The Morgan fingerprint density at radius 2 is 1.95 bits per heavy atom. The molecule has 0 aliphatic carbocycles. The van der Waals surface area contributed by atoms with Crippen molar-refractivity contribution in [2.75, 3.05) is 13.1 Å².